The van der Waals surface area contributed by atoms with Crippen LogP contribution in [0.3, 0.4) is 0 Å². The molecule has 2 radical (unpaired) electrons. The molecular formula is C19H16N2O3S. The van der Waals surface area contributed by atoms with Crippen LogP contribution in [0.2, 0.25) is 0 Å². The summed E-state index contributed by atoms with van der Waals surface area (Å²) in [6.07, 6.45) is 2.70. The van der Waals surface area contributed by atoms with Crippen molar-refractivity contribution in [2.45, 2.75) is 11.5 Å². The fraction of sp³-hybridized carbons (Fsp3) is 0.105. The van der Waals surface area contributed by atoms with Crippen molar-refractivity contribution in [1.82, 2.24) is 9.97 Å². The van der Waals surface area contributed by atoms with E-state index in [4.69, 9.17) is 11.7 Å². The van der Waals surface area contributed by atoms with E-state index in [0.717, 1.165) is 11.1 Å². The van der Waals surface area contributed by atoms with Crippen LogP contribution in [0.5, 0.6) is 5.88 Å². The van der Waals surface area contributed by atoms with Crippen LogP contribution in [0.1, 0.15) is 11.3 Å². The molecule has 3 aromatic rings. The van der Waals surface area contributed by atoms with Crippen LogP contribution in [0, 0.1) is 6.92 Å². The lowest BCUT2D eigenvalue weighted by molar-refractivity contribution is 0.291. The first-order valence-corrected chi connectivity index (χ1v) is 9.42. The molecule has 6 heteroatoms. The van der Waals surface area contributed by atoms with Gasteiger partial charge in [-0.2, -0.15) is 0 Å². The summed E-state index contributed by atoms with van der Waals surface area (Å²) in [5.74, 6) is 0.244. The second-order valence-corrected chi connectivity index (χ2v) is 7.53. The van der Waals surface area contributed by atoms with Gasteiger partial charge in [0, 0.05) is 18.7 Å². The molecule has 5 nitrogen and oxygen atoms in total. The molecule has 126 valence electrons. The maximum absolute atomic E-state index is 11.5. The Hall–Kier alpha value is -2.73. The first kappa shape index (κ1) is 17.1. The van der Waals surface area contributed by atoms with E-state index in [1.54, 1.807) is 12.1 Å². The van der Waals surface area contributed by atoms with Crippen molar-refractivity contribution in [3.63, 3.8) is 0 Å². The normalized spacial score (nSPS) is 11.3. The molecule has 0 aliphatic heterocycles. The maximum atomic E-state index is 11.5. The minimum absolute atomic E-state index is 0.201. The van der Waals surface area contributed by atoms with E-state index in [0.29, 0.717) is 12.3 Å². The maximum Gasteiger partial charge on any atom is 0.236 e. The van der Waals surface area contributed by atoms with Gasteiger partial charge in [-0.1, -0.05) is 42.5 Å². The van der Waals surface area contributed by atoms with E-state index in [9.17, 15) is 8.42 Å². The number of rotatable bonds is 5. The highest BCUT2D eigenvalue weighted by atomic mass is 32.2. The minimum Gasteiger partial charge on any atom is -0.471 e. The van der Waals surface area contributed by atoms with Crippen molar-refractivity contribution in [3.8, 4) is 17.1 Å². The van der Waals surface area contributed by atoms with E-state index >= 15 is 0 Å². The number of nitrogens with zero attached hydrogens (tertiary/aromatic N) is 2. The first-order valence-electron chi connectivity index (χ1n) is 7.53. The molecule has 0 amide bonds. The lowest BCUT2D eigenvalue weighted by Gasteiger charge is -2.09. The van der Waals surface area contributed by atoms with Crippen LogP contribution >= 0.6 is 0 Å². The van der Waals surface area contributed by atoms with Crippen molar-refractivity contribution >= 4 is 9.84 Å². The standard InChI is InChI=1S/C19H16N2O3S/c1-14-19(24-13-15-6-4-3-5-7-15)21-18(12-20-14)16-8-10-17(11-9-16)25(2,22)23/h1,3-12H,13H2,2H3. The van der Waals surface area contributed by atoms with Gasteiger partial charge in [0.05, 0.1) is 16.8 Å². The zero-order chi connectivity index (χ0) is 17.9. The molecule has 0 N–H and O–H groups in total. The van der Waals surface area contributed by atoms with Crippen LogP contribution < -0.4 is 4.74 Å². The summed E-state index contributed by atoms with van der Waals surface area (Å²) in [5, 5.41) is 0. The molecule has 0 fully saturated rings. The third-order valence-corrected chi connectivity index (χ3v) is 4.69. The van der Waals surface area contributed by atoms with Crippen molar-refractivity contribution in [2.75, 3.05) is 6.26 Å². The van der Waals surface area contributed by atoms with Gasteiger partial charge in [0.2, 0.25) is 5.88 Å². The topological polar surface area (TPSA) is 69.2 Å². The van der Waals surface area contributed by atoms with Crippen LogP contribution in [0.15, 0.2) is 65.7 Å². The van der Waals surface area contributed by atoms with Gasteiger partial charge in [0.15, 0.2) is 9.84 Å². The Kier molecular flexibility index (Phi) is 4.81. The van der Waals surface area contributed by atoms with E-state index in [2.05, 4.69) is 9.97 Å². The molecular weight excluding hydrogens is 336 g/mol. The highest BCUT2D eigenvalue weighted by Crippen LogP contribution is 2.23. The molecule has 0 aliphatic carbocycles. The Morgan fingerprint density at radius 2 is 1.72 bits per heavy atom. The fourth-order valence-corrected chi connectivity index (χ4v) is 2.86. The van der Waals surface area contributed by atoms with Crippen molar-refractivity contribution in [2.24, 2.45) is 0 Å². The molecule has 0 atom stereocenters. The molecule has 0 spiro atoms. The lowest BCUT2D eigenvalue weighted by atomic mass is 10.1. The number of ether oxygens (including phenoxy) is 1. The summed E-state index contributed by atoms with van der Waals surface area (Å²) in [7, 11) is -3.24. The third kappa shape index (κ3) is 4.22. The molecule has 0 saturated heterocycles. The highest BCUT2D eigenvalue weighted by Gasteiger charge is 2.10. The number of benzene rings is 2. The summed E-state index contributed by atoms with van der Waals surface area (Å²) in [6, 6.07) is 16.1. The second kappa shape index (κ2) is 7.03. The van der Waals surface area contributed by atoms with Gasteiger partial charge >= 0.3 is 0 Å². The number of hydrogen-bond donors (Lipinski definition) is 0. The summed E-state index contributed by atoms with van der Waals surface area (Å²) >= 11 is 0. The fourth-order valence-electron chi connectivity index (χ4n) is 2.23. The highest BCUT2D eigenvalue weighted by molar-refractivity contribution is 7.90. The van der Waals surface area contributed by atoms with E-state index in [1.807, 2.05) is 30.3 Å². The number of hydrogen-bond acceptors (Lipinski definition) is 5. The van der Waals surface area contributed by atoms with Gasteiger partial charge in [-0.3, -0.25) is 4.98 Å². The van der Waals surface area contributed by atoms with E-state index in [1.165, 1.54) is 24.6 Å². The molecule has 0 aliphatic rings. The predicted octanol–water partition coefficient (Wildman–Crippen LogP) is 3.19. The molecule has 0 bridgehead atoms. The molecule has 3 rings (SSSR count). The first-order chi connectivity index (χ1) is 11.9. The summed E-state index contributed by atoms with van der Waals surface area (Å²) in [4.78, 5) is 8.75. The second-order valence-electron chi connectivity index (χ2n) is 5.52. The molecule has 25 heavy (non-hydrogen) atoms. The zero-order valence-electron chi connectivity index (χ0n) is 13.6. The summed E-state index contributed by atoms with van der Waals surface area (Å²) in [6.45, 7) is 6.16. The van der Waals surface area contributed by atoms with Crippen molar-refractivity contribution in [1.29, 1.82) is 0 Å². The van der Waals surface area contributed by atoms with Gasteiger partial charge in [-0.15, -0.1) is 0 Å². The Balaban J connectivity index is 1.83. The average molecular weight is 352 g/mol. The Morgan fingerprint density at radius 1 is 1.04 bits per heavy atom. The zero-order valence-corrected chi connectivity index (χ0v) is 14.4. The quantitative estimate of drug-likeness (QED) is 0.705. The Morgan fingerprint density at radius 3 is 2.36 bits per heavy atom. The van der Waals surface area contributed by atoms with Crippen LogP contribution in [-0.4, -0.2) is 24.6 Å². The summed E-state index contributed by atoms with van der Waals surface area (Å²) in [5.41, 5.74) is 2.47. The smallest absolute Gasteiger partial charge is 0.236 e. The molecule has 0 saturated carbocycles. The Labute approximate surface area is 147 Å². The SMILES string of the molecule is [CH]c1ncc(-c2ccc(S(C)(=O)=O)cc2)nc1OCc1ccccc1. The van der Waals surface area contributed by atoms with Crippen molar-refractivity contribution in [3.05, 3.63) is 79.0 Å². The summed E-state index contributed by atoms with van der Waals surface area (Å²) < 4.78 is 28.7. The van der Waals surface area contributed by atoms with Gasteiger partial charge in [0.1, 0.15) is 12.3 Å². The molecule has 1 aromatic heterocycles. The minimum atomic E-state index is -3.24. The average Bonchev–Trinajstić information content (AvgIpc) is 2.61. The predicted molar refractivity (Wildman–Crippen MR) is 94.8 cm³/mol. The van der Waals surface area contributed by atoms with Gasteiger partial charge in [-0.25, -0.2) is 13.4 Å². The molecule has 2 aromatic carbocycles. The monoisotopic (exact) mass is 352 g/mol. The largest absolute Gasteiger partial charge is 0.471 e. The molecule has 0 unspecified atom stereocenters. The van der Waals surface area contributed by atoms with E-state index in [-0.39, 0.29) is 16.5 Å². The van der Waals surface area contributed by atoms with Crippen molar-refractivity contribution < 1.29 is 13.2 Å². The Bertz CT molecular complexity index is 969. The van der Waals surface area contributed by atoms with Crippen LogP contribution in [-0.2, 0) is 16.4 Å². The molecule has 1 heterocycles. The van der Waals surface area contributed by atoms with Gasteiger partial charge in [0.25, 0.3) is 0 Å². The van der Waals surface area contributed by atoms with E-state index < -0.39 is 9.84 Å². The van der Waals surface area contributed by atoms with Gasteiger partial charge in [-0.05, 0) is 17.7 Å². The van der Waals surface area contributed by atoms with Crippen LogP contribution in [0.25, 0.3) is 11.3 Å². The third-order valence-electron chi connectivity index (χ3n) is 3.56. The van der Waals surface area contributed by atoms with Gasteiger partial charge < -0.3 is 4.74 Å². The lowest BCUT2D eigenvalue weighted by Crippen LogP contribution is -2.02. The van der Waals surface area contributed by atoms with Crippen LogP contribution in [0.4, 0.5) is 0 Å². The number of aromatic nitrogens is 2. The number of sulfone groups is 1.